The van der Waals surface area contributed by atoms with Crippen molar-refractivity contribution >= 4 is 17.4 Å². The van der Waals surface area contributed by atoms with Crippen LogP contribution in [0, 0.1) is 10.1 Å². The first-order valence-corrected chi connectivity index (χ1v) is 5.10. The van der Waals surface area contributed by atoms with Gasteiger partial charge >= 0.3 is 0 Å². The summed E-state index contributed by atoms with van der Waals surface area (Å²) in [6.07, 6.45) is 1.02. The summed E-state index contributed by atoms with van der Waals surface area (Å²) in [6.45, 7) is 2.06. The van der Waals surface area contributed by atoms with Crippen LogP contribution in [0.15, 0.2) is 29.2 Å². The van der Waals surface area contributed by atoms with Gasteiger partial charge in [0.25, 0.3) is 5.69 Å². The summed E-state index contributed by atoms with van der Waals surface area (Å²) in [6, 6.07) is 6.84. The standard InChI is InChI=1S/C9H11NO2S/c1-2-7-13-9-6-4-3-5-8(9)10(11)12/h3-6H,2,7H2,1H3. The minimum absolute atomic E-state index is 0.209. The van der Waals surface area contributed by atoms with Gasteiger partial charge in [0.2, 0.25) is 0 Å². The molecule has 0 spiro atoms. The molecule has 4 heteroatoms. The van der Waals surface area contributed by atoms with E-state index in [-0.39, 0.29) is 10.6 Å². The molecule has 0 amide bonds. The first kappa shape index (κ1) is 10.1. The van der Waals surface area contributed by atoms with E-state index in [9.17, 15) is 10.1 Å². The molecule has 0 atom stereocenters. The lowest BCUT2D eigenvalue weighted by Crippen LogP contribution is -1.90. The average molecular weight is 197 g/mol. The predicted octanol–water partition coefficient (Wildman–Crippen LogP) is 3.10. The van der Waals surface area contributed by atoms with Gasteiger partial charge in [0, 0.05) is 6.07 Å². The molecule has 0 saturated carbocycles. The molecule has 0 saturated heterocycles. The van der Waals surface area contributed by atoms with Gasteiger partial charge in [0.1, 0.15) is 0 Å². The van der Waals surface area contributed by atoms with Crippen LogP contribution < -0.4 is 0 Å². The van der Waals surface area contributed by atoms with E-state index in [2.05, 4.69) is 6.92 Å². The molecule has 1 rings (SSSR count). The summed E-state index contributed by atoms with van der Waals surface area (Å²) in [7, 11) is 0. The minimum Gasteiger partial charge on any atom is -0.258 e. The molecule has 0 bridgehead atoms. The molecule has 1 aromatic carbocycles. The summed E-state index contributed by atoms with van der Waals surface area (Å²) in [5.74, 6) is 0.921. The van der Waals surface area contributed by atoms with E-state index in [0.29, 0.717) is 0 Å². The number of hydrogen-bond acceptors (Lipinski definition) is 3. The summed E-state index contributed by atoms with van der Waals surface area (Å²) in [5, 5.41) is 10.6. The third-order valence-corrected chi connectivity index (χ3v) is 2.79. The number of benzene rings is 1. The smallest absolute Gasteiger partial charge is 0.258 e. The third-order valence-electron chi connectivity index (χ3n) is 1.52. The fraction of sp³-hybridized carbons (Fsp3) is 0.333. The molecular weight excluding hydrogens is 186 g/mol. The zero-order valence-corrected chi connectivity index (χ0v) is 8.21. The van der Waals surface area contributed by atoms with Gasteiger partial charge in [-0.15, -0.1) is 11.8 Å². The Labute approximate surface area is 81.3 Å². The topological polar surface area (TPSA) is 43.1 Å². The van der Waals surface area contributed by atoms with Gasteiger partial charge in [-0.05, 0) is 18.2 Å². The second-order valence-electron chi connectivity index (χ2n) is 2.57. The molecule has 0 aromatic heterocycles. The number of nitrogens with zero attached hydrogens (tertiary/aromatic N) is 1. The fourth-order valence-electron chi connectivity index (χ4n) is 0.942. The van der Waals surface area contributed by atoms with Gasteiger partial charge < -0.3 is 0 Å². The SMILES string of the molecule is CCCSc1ccccc1[N+](=O)[O-]. The third kappa shape index (κ3) is 2.73. The molecule has 0 radical (unpaired) electrons. The molecular formula is C9H11NO2S. The highest BCUT2D eigenvalue weighted by molar-refractivity contribution is 7.99. The largest absolute Gasteiger partial charge is 0.282 e. The van der Waals surface area contributed by atoms with Crippen LogP contribution in [0.4, 0.5) is 5.69 Å². The zero-order valence-electron chi connectivity index (χ0n) is 7.40. The summed E-state index contributed by atoms with van der Waals surface area (Å²) in [4.78, 5) is 11.0. The van der Waals surface area contributed by atoms with Crippen LogP contribution in [-0.2, 0) is 0 Å². The van der Waals surface area contributed by atoms with E-state index in [4.69, 9.17) is 0 Å². The Balaban J connectivity index is 2.84. The molecule has 0 aliphatic heterocycles. The molecule has 0 heterocycles. The fourth-order valence-corrected chi connectivity index (χ4v) is 1.83. The molecule has 0 aliphatic rings. The Morgan fingerprint density at radius 1 is 1.46 bits per heavy atom. The molecule has 3 nitrogen and oxygen atoms in total. The molecule has 1 aromatic rings. The van der Waals surface area contributed by atoms with E-state index >= 15 is 0 Å². The number of para-hydroxylation sites is 1. The van der Waals surface area contributed by atoms with Gasteiger partial charge in [-0.3, -0.25) is 10.1 Å². The van der Waals surface area contributed by atoms with Crippen molar-refractivity contribution in [1.82, 2.24) is 0 Å². The van der Waals surface area contributed by atoms with Crippen LogP contribution in [-0.4, -0.2) is 10.7 Å². The number of rotatable bonds is 4. The van der Waals surface area contributed by atoms with Gasteiger partial charge in [0.05, 0.1) is 9.82 Å². The maximum absolute atomic E-state index is 10.6. The van der Waals surface area contributed by atoms with Gasteiger partial charge in [-0.1, -0.05) is 19.1 Å². The lowest BCUT2D eigenvalue weighted by Gasteiger charge is -1.99. The normalized spacial score (nSPS) is 9.92. The van der Waals surface area contributed by atoms with Gasteiger partial charge in [-0.2, -0.15) is 0 Å². The van der Waals surface area contributed by atoms with Crippen LogP contribution >= 0.6 is 11.8 Å². The van der Waals surface area contributed by atoms with Gasteiger partial charge in [-0.25, -0.2) is 0 Å². The Bertz CT molecular complexity index is 301. The van der Waals surface area contributed by atoms with Crippen molar-refractivity contribution < 1.29 is 4.92 Å². The number of nitro groups is 1. The van der Waals surface area contributed by atoms with E-state index in [1.807, 2.05) is 6.07 Å². The van der Waals surface area contributed by atoms with Crippen LogP contribution in [0.5, 0.6) is 0 Å². The van der Waals surface area contributed by atoms with Crippen molar-refractivity contribution in [2.75, 3.05) is 5.75 Å². The Morgan fingerprint density at radius 2 is 2.15 bits per heavy atom. The maximum atomic E-state index is 10.6. The zero-order chi connectivity index (χ0) is 9.68. The highest BCUT2D eigenvalue weighted by Gasteiger charge is 2.11. The van der Waals surface area contributed by atoms with Crippen LogP contribution in [0.25, 0.3) is 0 Å². The van der Waals surface area contributed by atoms with Gasteiger partial charge in [0.15, 0.2) is 0 Å². The highest BCUT2D eigenvalue weighted by atomic mass is 32.2. The number of thioether (sulfide) groups is 1. The summed E-state index contributed by atoms with van der Waals surface area (Å²) < 4.78 is 0. The first-order valence-electron chi connectivity index (χ1n) is 4.12. The van der Waals surface area contributed by atoms with Crippen molar-refractivity contribution in [3.63, 3.8) is 0 Å². The van der Waals surface area contributed by atoms with Crippen molar-refractivity contribution in [3.8, 4) is 0 Å². The second kappa shape index (κ2) is 4.87. The van der Waals surface area contributed by atoms with E-state index in [1.54, 1.807) is 12.1 Å². The average Bonchev–Trinajstić information content (AvgIpc) is 2.15. The molecule has 0 unspecified atom stereocenters. The minimum atomic E-state index is -0.335. The molecule has 13 heavy (non-hydrogen) atoms. The Kier molecular flexibility index (Phi) is 3.76. The molecule has 0 aliphatic carbocycles. The first-order chi connectivity index (χ1) is 6.25. The lowest BCUT2D eigenvalue weighted by atomic mass is 10.3. The summed E-state index contributed by atoms with van der Waals surface area (Å²) >= 11 is 1.53. The van der Waals surface area contributed by atoms with Crippen LogP contribution in [0.1, 0.15) is 13.3 Å². The monoisotopic (exact) mass is 197 g/mol. The Morgan fingerprint density at radius 3 is 2.77 bits per heavy atom. The van der Waals surface area contributed by atoms with Crippen molar-refractivity contribution in [1.29, 1.82) is 0 Å². The van der Waals surface area contributed by atoms with E-state index < -0.39 is 0 Å². The molecule has 0 N–H and O–H groups in total. The number of nitro benzene ring substituents is 1. The Hall–Kier alpha value is -1.03. The summed E-state index contributed by atoms with van der Waals surface area (Å²) in [5.41, 5.74) is 0.209. The number of hydrogen-bond donors (Lipinski definition) is 0. The van der Waals surface area contributed by atoms with Crippen molar-refractivity contribution in [2.24, 2.45) is 0 Å². The highest BCUT2D eigenvalue weighted by Crippen LogP contribution is 2.28. The van der Waals surface area contributed by atoms with E-state index in [0.717, 1.165) is 17.1 Å². The van der Waals surface area contributed by atoms with E-state index in [1.165, 1.54) is 17.8 Å². The molecule has 0 fully saturated rings. The molecule has 70 valence electrons. The van der Waals surface area contributed by atoms with Crippen molar-refractivity contribution in [3.05, 3.63) is 34.4 Å². The lowest BCUT2D eigenvalue weighted by molar-refractivity contribution is -0.387. The van der Waals surface area contributed by atoms with Crippen LogP contribution in [0.2, 0.25) is 0 Å². The quantitative estimate of drug-likeness (QED) is 0.423. The van der Waals surface area contributed by atoms with Crippen LogP contribution in [0.3, 0.4) is 0 Å². The predicted molar refractivity (Wildman–Crippen MR) is 54.1 cm³/mol. The second-order valence-corrected chi connectivity index (χ2v) is 3.71. The van der Waals surface area contributed by atoms with Crippen molar-refractivity contribution in [2.45, 2.75) is 18.2 Å². The maximum Gasteiger partial charge on any atom is 0.282 e.